The Morgan fingerprint density at radius 1 is 0.333 bits per heavy atom. The summed E-state index contributed by atoms with van der Waals surface area (Å²) >= 11 is 3.85. The van der Waals surface area contributed by atoms with Gasteiger partial charge in [-0.2, -0.15) is 0 Å². The lowest BCUT2D eigenvalue weighted by molar-refractivity contribution is 0.669. The second kappa shape index (κ2) is 10.3. The fourth-order valence-electron chi connectivity index (χ4n) is 8.61. The van der Waals surface area contributed by atoms with Crippen molar-refractivity contribution in [1.29, 1.82) is 0 Å². The van der Waals surface area contributed by atoms with Crippen LogP contribution in [0.2, 0.25) is 0 Å². The van der Waals surface area contributed by atoms with Gasteiger partial charge in [-0.1, -0.05) is 121 Å². The number of hydrogen-bond acceptors (Lipinski definition) is 3. The number of fused-ring (bicyclic) bond motifs is 14. The normalized spacial score (nSPS) is 12.3. The van der Waals surface area contributed by atoms with Gasteiger partial charge in [-0.05, 0) is 91.0 Å². The SMILES string of the molecule is c1ccc2c(c1)ccc1c2sc2ccc3c4cc(-c5c6ccccc6c(-c6ccc7c(c6)oc6ccccc67)c6ccccc56)ccc4sc3c21. The molecule has 0 aliphatic rings. The zero-order chi connectivity index (χ0) is 33.2. The molecule has 0 aliphatic heterocycles. The number of hydrogen-bond donors (Lipinski definition) is 0. The van der Waals surface area contributed by atoms with E-state index in [1.807, 2.05) is 28.7 Å². The highest BCUT2D eigenvalue weighted by atomic mass is 32.1. The molecule has 1 nitrogen and oxygen atoms in total. The quantitative estimate of drug-likeness (QED) is 0.165. The van der Waals surface area contributed by atoms with Crippen LogP contribution >= 0.6 is 22.7 Å². The van der Waals surface area contributed by atoms with Crippen LogP contribution in [0, 0.1) is 0 Å². The lowest BCUT2D eigenvalue weighted by Gasteiger charge is -2.18. The van der Waals surface area contributed by atoms with Gasteiger partial charge in [-0.3, -0.25) is 0 Å². The Balaban J connectivity index is 1.11. The van der Waals surface area contributed by atoms with Gasteiger partial charge in [0.1, 0.15) is 11.2 Å². The second-order valence-electron chi connectivity index (χ2n) is 13.5. The number of para-hydroxylation sites is 1. The zero-order valence-electron chi connectivity index (χ0n) is 27.2. The zero-order valence-corrected chi connectivity index (χ0v) is 28.9. The molecule has 3 aromatic heterocycles. The van der Waals surface area contributed by atoms with Gasteiger partial charge in [-0.25, -0.2) is 0 Å². The van der Waals surface area contributed by atoms with E-state index in [1.165, 1.54) is 94.9 Å². The van der Waals surface area contributed by atoms with E-state index in [9.17, 15) is 0 Å². The maximum atomic E-state index is 6.37. The third-order valence-electron chi connectivity index (χ3n) is 10.8. The third kappa shape index (κ3) is 3.85. The van der Waals surface area contributed by atoms with Crippen molar-refractivity contribution in [3.05, 3.63) is 158 Å². The van der Waals surface area contributed by atoms with E-state index in [4.69, 9.17) is 4.42 Å². The molecule has 3 heteroatoms. The van der Waals surface area contributed by atoms with Crippen molar-refractivity contribution in [2.24, 2.45) is 0 Å². The predicted molar refractivity (Wildman–Crippen MR) is 223 cm³/mol. The molecule has 9 aromatic carbocycles. The minimum Gasteiger partial charge on any atom is -0.456 e. The molecule has 0 amide bonds. The van der Waals surface area contributed by atoms with Crippen molar-refractivity contribution >= 4 is 117 Å². The van der Waals surface area contributed by atoms with Crippen molar-refractivity contribution in [1.82, 2.24) is 0 Å². The van der Waals surface area contributed by atoms with Crippen LogP contribution in [0.15, 0.2) is 162 Å². The number of thiophene rings is 2. The first-order valence-corrected chi connectivity index (χ1v) is 19.0. The van der Waals surface area contributed by atoms with Gasteiger partial charge >= 0.3 is 0 Å². The molecule has 0 spiro atoms. The summed E-state index contributed by atoms with van der Waals surface area (Å²) < 4.78 is 11.8. The molecule has 51 heavy (non-hydrogen) atoms. The summed E-state index contributed by atoms with van der Waals surface area (Å²) in [5, 5.41) is 15.4. The van der Waals surface area contributed by atoms with E-state index in [0.717, 1.165) is 21.9 Å². The molecule has 236 valence electrons. The lowest BCUT2D eigenvalue weighted by Crippen LogP contribution is -1.90. The van der Waals surface area contributed by atoms with Crippen LogP contribution in [0.4, 0.5) is 0 Å². The lowest BCUT2D eigenvalue weighted by atomic mass is 9.85. The van der Waals surface area contributed by atoms with Gasteiger partial charge in [0, 0.05) is 51.1 Å². The van der Waals surface area contributed by atoms with Gasteiger partial charge in [0.15, 0.2) is 0 Å². The smallest absolute Gasteiger partial charge is 0.136 e. The summed E-state index contributed by atoms with van der Waals surface area (Å²) in [5.74, 6) is 0. The minimum absolute atomic E-state index is 0.918. The minimum atomic E-state index is 0.918. The van der Waals surface area contributed by atoms with Gasteiger partial charge in [0.25, 0.3) is 0 Å². The van der Waals surface area contributed by atoms with Gasteiger partial charge in [0.05, 0.1) is 0 Å². The van der Waals surface area contributed by atoms with Gasteiger partial charge in [-0.15, -0.1) is 22.7 Å². The van der Waals surface area contributed by atoms with Crippen LogP contribution in [-0.4, -0.2) is 0 Å². The largest absolute Gasteiger partial charge is 0.456 e. The Morgan fingerprint density at radius 3 is 1.65 bits per heavy atom. The van der Waals surface area contributed by atoms with Crippen molar-refractivity contribution in [3.63, 3.8) is 0 Å². The Labute approximate surface area is 300 Å². The van der Waals surface area contributed by atoms with Crippen molar-refractivity contribution in [3.8, 4) is 22.3 Å². The van der Waals surface area contributed by atoms with E-state index >= 15 is 0 Å². The summed E-state index contributed by atoms with van der Waals surface area (Å²) in [6, 6.07) is 58.0. The van der Waals surface area contributed by atoms with Crippen LogP contribution in [0.5, 0.6) is 0 Å². The van der Waals surface area contributed by atoms with Crippen LogP contribution in [0.25, 0.3) is 117 Å². The average Bonchev–Trinajstić information content (AvgIpc) is 3.87. The van der Waals surface area contributed by atoms with Crippen molar-refractivity contribution in [2.45, 2.75) is 0 Å². The van der Waals surface area contributed by atoms with E-state index < -0.39 is 0 Å². The molecule has 0 unspecified atom stereocenters. The molecule has 0 bridgehead atoms. The van der Waals surface area contributed by atoms with E-state index in [2.05, 4.69) is 152 Å². The molecule has 0 aliphatic carbocycles. The van der Waals surface area contributed by atoms with Gasteiger partial charge < -0.3 is 4.42 Å². The maximum absolute atomic E-state index is 6.37. The standard InChI is InChI=1S/C48H26OS2/c1-2-10-30-27(9-1)17-21-38-46-43(51-47(30)38)24-22-37-39-25-28(19-23-42(39)50-48(37)46)44-33-12-3-5-14-35(33)45(36-15-6-4-13-34(36)44)29-18-20-32-31-11-7-8-16-40(31)49-41(32)26-29/h1-26H. The van der Waals surface area contributed by atoms with Crippen LogP contribution in [0.3, 0.4) is 0 Å². The Bertz CT molecular complexity index is 3370. The summed E-state index contributed by atoms with van der Waals surface area (Å²) in [7, 11) is 0. The van der Waals surface area contributed by atoms with Crippen LogP contribution in [0.1, 0.15) is 0 Å². The number of benzene rings is 9. The summed E-state index contributed by atoms with van der Waals surface area (Å²) in [5.41, 5.74) is 6.78. The third-order valence-corrected chi connectivity index (χ3v) is 13.3. The van der Waals surface area contributed by atoms with Crippen molar-refractivity contribution < 1.29 is 4.42 Å². The first-order valence-electron chi connectivity index (χ1n) is 17.3. The summed E-state index contributed by atoms with van der Waals surface area (Å²) in [4.78, 5) is 0. The Kier molecular flexibility index (Phi) is 5.59. The van der Waals surface area contributed by atoms with Crippen molar-refractivity contribution in [2.75, 3.05) is 0 Å². The highest BCUT2D eigenvalue weighted by Gasteiger charge is 2.20. The molecule has 12 rings (SSSR count). The van der Waals surface area contributed by atoms with E-state index in [-0.39, 0.29) is 0 Å². The summed E-state index contributed by atoms with van der Waals surface area (Å²) in [6.45, 7) is 0. The number of rotatable bonds is 2. The molecule has 0 radical (unpaired) electrons. The fraction of sp³-hybridized carbons (Fsp3) is 0. The highest BCUT2D eigenvalue weighted by molar-refractivity contribution is 7.30. The monoisotopic (exact) mass is 682 g/mol. The molecule has 0 atom stereocenters. The Morgan fingerprint density at radius 2 is 0.882 bits per heavy atom. The predicted octanol–water partition coefficient (Wildman–Crippen LogP) is 15.1. The van der Waals surface area contributed by atoms with E-state index in [0.29, 0.717) is 0 Å². The summed E-state index contributed by atoms with van der Waals surface area (Å²) in [6.07, 6.45) is 0. The molecule has 0 saturated carbocycles. The molecule has 0 N–H and O–H groups in total. The topological polar surface area (TPSA) is 13.1 Å². The maximum Gasteiger partial charge on any atom is 0.136 e. The highest BCUT2D eigenvalue weighted by Crippen LogP contribution is 2.49. The second-order valence-corrected chi connectivity index (χ2v) is 15.6. The first-order chi connectivity index (χ1) is 25.3. The fourth-order valence-corrected chi connectivity index (χ4v) is 11.2. The van der Waals surface area contributed by atoms with Crippen LogP contribution in [-0.2, 0) is 0 Å². The number of furan rings is 1. The average molecular weight is 683 g/mol. The molecule has 0 fully saturated rings. The molecule has 3 heterocycles. The Hall–Kier alpha value is -6.00. The van der Waals surface area contributed by atoms with E-state index in [1.54, 1.807) is 0 Å². The molecular formula is C48H26OS2. The molecule has 0 saturated heterocycles. The van der Waals surface area contributed by atoms with Crippen LogP contribution < -0.4 is 0 Å². The molecular weight excluding hydrogens is 657 g/mol. The molecule has 12 aromatic rings. The first kappa shape index (κ1) is 27.8. The van der Waals surface area contributed by atoms with Gasteiger partial charge in [0.2, 0.25) is 0 Å².